The number of hydrogen-bond donors (Lipinski definition) is 7. The maximum atomic E-state index is 14.7. The highest BCUT2D eigenvalue weighted by molar-refractivity contribution is 6.01. The molecule has 1 aliphatic rings. The van der Waals surface area contributed by atoms with Crippen LogP contribution in [0, 0.1) is 18.3 Å². The molecule has 0 saturated carbocycles. The number of hydrogen-bond acceptors (Lipinski definition) is 11. The number of fused-ring (bicyclic) bond motifs is 5. The summed E-state index contributed by atoms with van der Waals surface area (Å²) in [6.45, 7) is 5.76. The number of carbonyl (C=O) groups is 6. The van der Waals surface area contributed by atoms with Gasteiger partial charge in [0.05, 0.1) is 12.5 Å². The SMILES string of the molecule is CCCCCCCCc1ccc(C(=O)N[C@@H](CC(=O)NC)C(=O)N(C)C2C(=O)NC(C)C(=O)NC(C(=O)NCC#N)Cc3ccc(OCCN)c(c3)-c3cc2ccc3OCCN)c(C)c1. The van der Waals surface area contributed by atoms with Crippen LogP contribution in [0.2, 0.25) is 0 Å². The van der Waals surface area contributed by atoms with E-state index in [2.05, 4.69) is 33.5 Å². The first-order valence-corrected chi connectivity index (χ1v) is 22.3. The highest BCUT2D eigenvalue weighted by Gasteiger charge is 2.37. The van der Waals surface area contributed by atoms with E-state index in [0.717, 1.165) is 29.7 Å². The van der Waals surface area contributed by atoms with Gasteiger partial charge >= 0.3 is 0 Å². The van der Waals surface area contributed by atoms with Crippen LogP contribution in [-0.2, 0) is 36.8 Å². The van der Waals surface area contributed by atoms with Gasteiger partial charge in [-0.3, -0.25) is 28.8 Å². The second-order valence-electron chi connectivity index (χ2n) is 16.2. The number of nitrogens with zero attached hydrogens (tertiary/aromatic N) is 2. The zero-order valence-electron chi connectivity index (χ0n) is 38.2. The first-order valence-electron chi connectivity index (χ1n) is 22.3. The minimum atomic E-state index is -1.46. The zero-order chi connectivity index (χ0) is 47.5. The standard InChI is InChI=1S/C48H65N9O8/c1-6-7-8-9-10-11-12-32-13-16-35(30(2)25-32)45(60)56-39(29-42(58)52-4)48(63)57(5)43-34-15-18-41(65-24-21-51)37(28-34)36-26-33(14-17-40(36)64-23-20-50)27-38(46(61)53-22-19-49)55-44(59)31(3)54-47(43)62/h13-18,25-26,28,31,38-39,43H,6-12,20-24,27,29,50-51H2,1-5H3,(H,52,58)(H,53,61)(H,54,62)(H,55,59)(H,56,60)/t31?,38?,39-,43?/m0/s1. The number of benzene rings is 3. The van der Waals surface area contributed by atoms with Crippen molar-refractivity contribution >= 4 is 35.4 Å². The number of nitrogens with one attached hydrogen (secondary N) is 5. The summed E-state index contributed by atoms with van der Waals surface area (Å²) in [4.78, 5) is 84.4. The molecule has 0 fully saturated rings. The molecule has 4 rings (SSSR count). The van der Waals surface area contributed by atoms with Gasteiger partial charge in [0, 0.05) is 50.3 Å². The summed E-state index contributed by atoms with van der Waals surface area (Å²) >= 11 is 0. The first kappa shape index (κ1) is 51.1. The lowest BCUT2D eigenvalue weighted by molar-refractivity contribution is -0.142. The van der Waals surface area contributed by atoms with E-state index in [-0.39, 0.29) is 44.8 Å². The van der Waals surface area contributed by atoms with Crippen LogP contribution < -0.4 is 47.5 Å². The molecule has 3 aromatic carbocycles. The van der Waals surface area contributed by atoms with E-state index >= 15 is 0 Å². The lowest BCUT2D eigenvalue weighted by atomic mass is 9.93. The molecule has 350 valence electrons. The Balaban J connectivity index is 1.80. The summed E-state index contributed by atoms with van der Waals surface area (Å²) in [6, 6.07) is 12.2. The highest BCUT2D eigenvalue weighted by atomic mass is 16.5. The van der Waals surface area contributed by atoms with Crippen molar-refractivity contribution in [2.24, 2.45) is 11.5 Å². The lowest BCUT2D eigenvalue weighted by Crippen LogP contribution is -2.56. The summed E-state index contributed by atoms with van der Waals surface area (Å²) in [5, 5.41) is 22.3. The molecule has 3 aromatic rings. The van der Waals surface area contributed by atoms with Crippen molar-refractivity contribution in [1.29, 1.82) is 5.26 Å². The molecule has 4 atom stereocenters. The van der Waals surface area contributed by atoms with Gasteiger partial charge in [-0.1, -0.05) is 63.3 Å². The number of likely N-dealkylation sites (N-methyl/N-ethyl adjacent to an activating group) is 1. The van der Waals surface area contributed by atoms with E-state index < -0.39 is 66.0 Å². The van der Waals surface area contributed by atoms with Gasteiger partial charge in [-0.15, -0.1) is 0 Å². The third-order valence-corrected chi connectivity index (χ3v) is 11.2. The number of nitriles is 1. The van der Waals surface area contributed by atoms with E-state index in [9.17, 15) is 28.8 Å². The van der Waals surface area contributed by atoms with Crippen LogP contribution in [-0.4, -0.2) is 105 Å². The number of carbonyl (C=O) groups excluding carboxylic acids is 6. The molecule has 6 amide bonds. The van der Waals surface area contributed by atoms with Gasteiger partial charge in [0.25, 0.3) is 5.91 Å². The number of amides is 6. The third kappa shape index (κ3) is 14.5. The van der Waals surface area contributed by atoms with Crippen molar-refractivity contribution in [2.75, 3.05) is 46.9 Å². The Morgan fingerprint density at radius 3 is 2.20 bits per heavy atom. The molecule has 0 aromatic heterocycles. The third-order valence-electron chi connectivity index (χ3n) is 11.2. The maximum Gasteiger partial charge on any atom is 0.252 e. The molecule has 1 heterocycles. The van der Waals surface area contributed by atoms with Crippen molar-refractivity contribution in [3.05, 3.63) is 82.4 Å². The van der Waals surface area contributed by atoms with Crippen LogP contribution in [0.15, 0.2) is 54.6 Å². The Hall–Kier alpha value is -6.51. The molecule has 17 nitrogen and oxygen atoms in total. The van der Waals surface area contributed by atoms with Gasteiger partial charge in [0.1, 0.15) is 55.4 Å². The zero-order valence-corrected chi connectivity index (χ0v) is 38.2. The average molecular weight is 896 g/mol. The fourth-order valence-electron chi connectivity index (χ4n) is 7.67. The molecular weight excluding hydrogens is 831 g/mol. The first-order chi connectivity index (χ1) is 31.3. The van der Waals surface area contributed by atoms with E-state index in [1.165, 1.54) is 46.7 Å². The normalized spacial score (nSPS) is 16.4. The Kier molecular flexibility index (Phi) is 20.2. The second-order valence-corrected chi connectivity index (χ2v) is 16.2. The van der Waals surface area contributed by atoms with E-state index in [0.29, 0.717) is 39.3 Å². The summed E-state index contributed by atoms with van der Waals surface area (Å²) in [7, 11) is 2.78. The molecular formula is C48H65N9O8. The topological polar surface area (TPSA) is 260 Å². The Bertz CT molecular complexity index is 2190. The van der Waals surface area contributed by atoms with Gasteiger partial charge in [0.15, 0.2) is 0 Å². The van der Waals surface area contributed by atoms with Gasteiger partial charge < -0.3 is 52.4 Å². The smallest absolute Gasteiger partial charge is 0.252 e. The van der Waals surface area contributed by atoms with Crippen molar-refractivity contribution < 1.29 is 38.2 Å². The van der Waals surface area contributed by atoms with Crippen LogP contribution in [0.4, 0.5) is 0 Å². The quantitative estimate of drug-likeness (QED) is 0.0604. The molecule has 3 unspecified atom stereocenters. The summed E-state index contributed by atoms with van der Waals surface area (Å²) in [6.07, 6.45) is 7.37. The molecule has 65 heavy (non-hydrogen) atoms. The highest BCUT2D eigenvalue weighted by Crippen LogP contribution is 2.40. The lowest BCUT2D eigenvalue weighted by Gasteiger charge is -2.32. The molecule has 17 heteroatoms. The van der Waals surface area contributed by atoms with E-state index in [4.69, 9.17) is 26.2 Å². The Morgan fingerprint density at radius 1 is 0.892 bits per heavy atom. The number of ether oxygens (including phenoxy) is 2. The fraction of sp³-hybridized carbons (Fsp3) is 0.479. The Morgan fingerprint density at radius 2 is 1.55 bits per heavy atom. The van der Waals surface area contributed by atoms with Gasteiger partial charge in [-0.2, -0.15) is 5.26 Å². The van der Waals surface area contributed by atoms with Crippen LogP contribution in [0.25, 0.3) is 11.1 Å². The summed E-state index contributed by atoms with van der Waals surface area (Å²) in [5.74, 6) is -3.28. The van der Waals surface area contributed by atoms with Crippen molar-refractivity contribution in [3.8, 4) is 28.7 Å². The van der Waals surface area contributed by atoms with Gasteiger partial charge in [0.2, 0.25) is 29.5 Å². The predicted octanol–water partition coefficient (Wildman–Crippen LogP) is 2.86. The maximum absolute atomic E-state index is 14.7. The van der Waals surface area contributed by atoms with Crippen LogP contribution in [0.3, 0.4) is 0 Å². The number of aryl methyl sites for hydroxylation is 2. The second kappa shape index (κ2) is 25.7. The van der Waals surface area contributed by atoms with Gasteiger partial charge in [-0.05, 0) is 79.3 Å². The van der Waals surface area contributed by atoms with Crippen molar-refractivity contribution in [1.82, 2.24) is 31.5 Å². The van der Waals surface area contributed by atoms with E-state index in [1.807, 2.05) is 25.1 Å². The number of unbranched alkanes of at least 4 members (excludes halogenated alkanes) is 5. The van der Waals surface area contributed by atoms with E-state index in [1.54, 1.807) is 42.5 Å². The Labute approximate surface area is 381 Å². The van der Waals surface area contributed by atoms with Gasteiger partial charge in [-0.25, -0.2) is 0 Å². The minimum Gasteiger partial charge on any atom is -0.492 e. The minimum absolute atomic E-state index is 0.00626. The molecule has 0 radical (unpaired) electrons. The molecule has 9 N–H and O–H groups in total. The summed E-state index contributed by atoms with van der Waals surface area (Å²) < 4.78 is 12.2. The largest absolute Gasteiger partial charge is 0.492 e. The van der Waals surface area contributed by atoms with Crippen LogP contribution in [0.5, 0.6) is 11.5 Å². The molecule has 1 aliphatic heterocycles. The molecule has 0 spiro atoms. The monoisotopic (exact) mass is 895 g/mol. The van der Waals surface area contributed by atoms with Crippen LogP contribution >= 0.6 is 0 Å². The number of nitrogens with two attached hydrogens (primary N) is 2. The molecule has 0 saturated heterocycles. The predicted molar refractivity (Wildman–Crippen MR) is 247 cm³/mol. The van der Waals surface area contributed by atoms with Crippen molar-refractivity contribution in [3.63, 3.8) is 0 Å². The summed E-state index contributed by atoms with van der Waals surface area (Å²) in [5.41, 5.74) is 15.6. The fourth-order valence-corrected chi connectivity index (χ4v) is 7.67. The molecule has 4 bridgehead atoms. The molecule has 0 aliphatic carbocycles. The van der Waals surface area contributed by atoms with Crippen molar-refractivity contribution in [2.45, 2.75) is 103 Å². The average Bonchev–Trinajstić information content (AvgIpc) is 3.29. The number of rotatable bonds is 21. The van der Waals surface area contributed by atoms with Crippen LogP contribution in [0.1, 0.15) is 97.4 Å².